The lowest BCUT2D eigenvalue weighted by Crippen LogP contribution is -2.05. The standard InChI is InChI=1S/C47H27N5O/c48-28-30-15-11-20-36-37-21-12-22-38(46(37)53-45(30)36)40-27-39(29-13-3-1-4-14-29)49-47(50-40)52-42-24-10-8-19-33(42)35-26-25-34-32-18-7-9-23-41(32)51(43(34)44(35)52)31-16-5-2-6-17-31/h1-27H. The average Bonchev–Trinajstić information content (AvgIpc) is 3.89. The number of fused-ring (bicyclic) bond motifs is 10. The minimum absolute atomic E-state index is 0.501. The first-order valence-corrected chi connectivity index (χ1v) is 17.6. The zero-order valence-corrected chi connectivity index (χ0v) is 28.2. The van der Waals surface area contributed by atoms with Gasteiger partial charge in [0, 0.05) is 49.1 Å². The molecule has 4 aromatic heterocycles. The van der Waals surface area contributed by atoms with Gasteiger partial charge in [0.25, 0.3) is 0 Å². The van der Waals surface area contributed by atoms with Crippen molar-refractivity contribution in [1.29, 1.82) is 5.26 Å². The van der Waals surface area contributed by atoms with Crippen molar-refractivity contribution >= 4 is 65.6 Å². The Labute approximate surface area is 303 Å². The van der Waals surface area contributed by atoms with Crippen molar-refractivity contribution in [2.24, 2.45) is 0 Å². The van der Waals surface area contributed by atoms with E-state index in [2.05, 4.69) is 118 Å². The lowest BCUT2D eigenvalue weighted by Gasteiger charge is -2.14. The van der Waals surface area contributed by atoms with Crippen molar-refractivity contribution < 1.29 is 4.42 Å². The molecular weight excluding hydrogens is 651 g/mol. The van der Waals surface area contributed by atoms with Gasteiger partial charge < -0.3 is 8.98 Å². The van der Waals surface area contributed by atoms with E-state index in [9.17, 15) is 5.26 Å². The molecule has 0 aliphatic carbocycles. The molecule has 4 heterocycles. The summed E-state index contributed by atoms with van der Waals surface area (Å²) in [4.78, 5) is 10.8. The molecule has 0 spiro atoms. The van der Waals surface area contributed by atoms with Gasteiger partial charge in [0.05, 0.1) is 39.0 Å². The summed E-state index contributed by atoms with van der Waals surface area (Å²) in [5.74, 6) is 0.552. The van der Waals surface area contributed by atoms with Gasteiger partial charge in [-0.3, -0.25) is 4.57 Å². The van der Waals surface area contributed by atoms with Gasteiger partial charge in [-0.25, -0.2) is 9.97 Å². The molecule has 0 aliphatic heterocycles. The second kappa shape index (κ2) is 11.3. The van der Waals surface area contributed by atoms with Crippen LogP contribution in [0.5, 0.6) is 0 Å². The largest absolute Gasteiger partial charge is 0.454 e. The predicted molar refractivity (Wildman–Crippen MR) is 214 cm³/mol. The maximum absolute atomic E-state index is 9.90. The quantitative estimate of drug-likeness (QED) is 0.186. The molecule has 246 valence electrons. The molecule has 6 nitrogen and oxygen atoms in total. The first-order chi connectivity index (χ1) is 26.3. The smallest absolute Gasteiger partial charge is 0.235 e. The number of hydrogen-bond acceptors (Lipinski definition) is 4. The Morgan fingerprint density at radius 2 is 1.04 bits per heavy atom. The summed E-state index contributed by atoms with van der Waals surface area (Å²) in [5, 5.41) is 16.3. The summed E-state index contributed by atoms with van der Waals surface area (Å²) in [6, 6.07) is 58.5. The molecule has 53 heavy (non-hydrogen) atoms. The Hall–Kier alpha value is -7.49. The summed E-state index contributed by atoms with van der Waals surface area (Å²) in [6.07, 6.45) is 0. The van der Waals surface area contributed by atoms with Crippen LogP contribution in [-0.4, -0.2) is 19.1 Å². The molecule has 0 fully saturated rings. The summed E-state index contributed by atoms with van der Waals surface area (Å²) < 4.78 is 11.1. The number of nitriles is 1. The van der Waals surface area contributed by atoms with Crippen LogP contribution in [-0.2, 0) is 0 Å². The SMILES string of the molecule is N#Cc1cccc2c1oc1c(-c3cc(-c4ccccc4)nc(-n4c5ccccc5c5ccc6c7ccccc7n(-c7ccccc7)c6c54)n3)cccc12. The minimum atomic E-state index is 0.501. The second-order valence-corrected chi connectivity index (χ2v) is 13.3. The van der Waals surface area contributed by atoms with Crippen LogP contribution < -0.4 is 0 Å². The van der Waals surface area contributed by atoms with E-state index >= 15 is 0 Å². The van der Waals surface area contributed by atoms with E-state index in [0.717, 1.165) is 77.2 Å². The fraction of sp³-hybridized carbons (Fsp3) is 0. The zero-order valence-electron chi connectivity index (χ0n) is 28.2. The Bertz CT molecular complexity index is 3290. The maximum atomic E-state index is 9.90. The van der Waals surface area contributed by atoms with Crippen molar-refractivity contribution in [3.05, 3.63) is 169 Å². The van der Waals surface area contributed by atoms with Crippen LogP contribution in [0.15, 0.2) is 168 Å². The highest BCUT2D eigenvalue weighted by molar-refractivity contribution is 6.23. The van der Waals surface area contributed by atoms with Crippen LogP contribution in [0.1, 0.15) is 5.56 Å². The van der Waals surface area contributed by atoms with Crippen LogP contribution >= 0.6 is 0 Å². The van der Waals surface area contributed by atoms with E-state index < -0.39 is 0 Å². The number of aromatic nitrogens is 4. The van der Waals surface area contributed by atoms with Crippen LogP contribution in [0, 0.1) is 11.3 Å². The summed E-state index contributed by atoms with van der Waals surface area (Å²) >= 11 is 0. The van der Waals surface area contributed by atoms with E-state index in [4.69, 9.17) is 14.4 Å². The molecule has 0 bridgehead atoms. The Morgan fingerprint density at radius 1 is 0.472 bits per heavy atom. The molecule has 11 rings (SSSR count). The van der Waals surface area contributed by atoms with Crippen molar-refractivity contribution in [3.8, 4) is 40.2 Å². The molecule has 0 saturated carbocycles. The number of hydrogen-bond donors (Lipinski definition) is 0. The van der Waals surface area contributed by atoms with Gasteiger partial charge in [-0.1, -0.05) is 121 Å². The molecule has 0 unspecified atom stereocenters. The van der Waals surface area contributed by atoms with Crippen molar-refractivity contribution in [3.63, 3.8) is 0 Å². The lowest BCUT2D eigenvalue weighted by atomic mass is 10.0. The third-order valence-electron chi connectivity index (χ3n) is 10.4. The van der Waals surface area contributed by atoms with Crippen LogP contribution in [0.3, 0.4) is 0 Å². The Balaban J connectivity index is 1.30. The topological polar surface area (TPSA) is 72.6 Å². The van der Waals surface area contributed by atoms with Crippen molar-refractivity contribution in [2.75, 3.05) is 0 Å². The number of nitrogens with zero attached hydrogens (tertiary/aromatic N) is 5. The van der Waals surface area contributed by atoms with E-state index in [1.165, 1.54) is 5.39 Å². The predicted octanol–water partition coefficient (Wildman–Crippen LogP) is 11.8. The molecular formula is C47H27N5O. The molecule has 7 aromatic carbocycles. The number of rotatable bonds is 4. The van der Waals surface area contributed by atoms with Crippen LogP contribution in [0.25, 0.3) is 99.7 Å². The van der Waals surface area contributed by atoms with Gasteiger partial charge >= 0.3 is 0 Å². The van der Waals surface area contributed by atoms with Gasteiger partial charge in [0.15, 0.2) is 5.58 Å². The van der Waals surface area contributed by atoms with Gasteiger partial charge in [0.2, 0.25) is 5.95 Å². The van der Waals surface area contributed by atoms with Crippen LogP contribution in [0.4, 0.5) is 0 Å². The van der Waals surface area contributed by atoms with E-state index in [1.807, 2.05) is 54.6 Å². The van der Waals surface area contributed by atoms with E-state index in [0.29, 0.717) is 22.7 Å². The fourth-order valence-corrected chi connectivity index (χ4v) is 8.09. The highest BCUT2D eigenvalue weighted by Gasteiger charge is 2.24. The monoisotopic (exact) mass is 677 g/mol. The summed E-state index contributed by atoms with van der Waals surface area (Å²) in [6.45, 7) is 0. The van der Waals surface area contributed by atoms with Gasteiger partial charge in [-0.2, -0.15) is 5.26 Å². The maximum Gasteiger partial charge on any atom is 0.235 e. The molecule has 11 aromatic rings. The average molecular weight is 678 g/mol. The molecule has 0 radical (unpaired) electrons. The first kappa shape index (κ1) is 29.3. The van der Waals surface area contributed by atoms with Crippen molar-refractivity contribution in [1.82, 2.24) is 19.1 Å². The second-order valence-electron chi connectivity index (χ2n) is 13.3. The Kier molecular flexibility index (Phi) is 6.22. The molecule has 0 atom stereocenters. The normalized spacial score (nSPS) is 11.8. The van der Waals surface area contributed by atoms with E-state index in [-0.39, 0.29) is 0 Å². The van der Waals surface area contributed by atoms with Gasteiger partial charge in [0.1, 0.15) is 11.7 Å². The lowest BCUT2D eigenvalue weighted by molar-refractivity contribution is 0.668. The molecule has 6 heteroatoms. The molecule has 0 amide bonds. The van der Waals surface area contributed by atoms with E-state index in [1.54, 1.807) is 6.07 Å². The van der Waals surface area contributed by atoms with Crippen molar-refractivity contribution in [2.45, 2.75) is 0 Å². The highest BCUT2D eigenvalue weighted by atomic mass is 16.3. The summed E-state index contributed by atoms with van der Waals surface area (Å²) in [7, 11) is 0. The molecule has 0 saturated heterocycles. The summed E-state index contributed by atoms with van der Waals surface area (Å²) in [5.41, 5.74) is 10.4. The van der Waals surface area contributed by atoms with Gasteiger partial charge in [-0.05, 0) is 42.5 Å². The number of benzene rings is 7. The number of para-hydroxylation sites is 5. The fourth-order valence-electron chi connectivity index (χ4n) is 8.09. The van der Waals surface area contributed by atoms with Gasteiger partial charge in [-0.15, -0.1) is 0 Å². The Morgan fingerprint density at radius 3 is 1.75 bits per heavy atom. The van der Waals surface area contributed by atoms with Crippen LogP contribution in [0.2, 0.25) is 0 Å². The molecule has 0 N–H and O–H groups in total. The zero-order chi connectivity index (χ0) is 35.0. The first-order valence-electron chi connectivity index (χ1n) is 17.6. The third-order valence-corrected chi connectivity index (χ3v) is 10.4. The highest BCUT2D eigenvalue weighted by Crippen LogP contribution is 2.42. The third kappa shape index (κ3) is 4.25. The minimum Gasteiger partial charge on any atom is -0.454 e. The number of furan rings is 1. The molecule has 0 aliphatic rings.